The number of aromatic carboxylic acids is 1. The number of H-pyrrole nitrogens is 1. The van der Waals surface area contributed by atoms with Crippen molar-refractivity contribution in [2.75, 3.05) is 0 Å². The first-order chi connectivity index (χ1) is 12.8. The largest absolute Gasteiger partial charge is 0.478 e. The molecule has 6 nitrogen and oxygen atoms in total. The number of rotatable bonds is 4. The van der Waals surface area contributed by atoms with Crippen LogP contribution in [0.2, 0.25) is 0 Å². The van der Waals surface area contributed by atoms with Crippen LogP contribution in [0.15, 0.2) is 46.2 Å². The fraction of sp³-hybridized carbons (Fsp3) is 0.190. The van der Waals surface area contributed by atoms with E-state index >= 15 is 0 Å². The summed E-state index contributed by atoms with van der Waals surface area (Å²) in [6.45, 7) is 7.62. The average Bonchev–Trinajstić information content (AvgIpc) is 2.88. The van der Waals surface area contributed by atoms with Crippen molar-refractivity contribution >= 4 is 17.9 Å². The zero-order valence-electron chi connectivity index (χ0n) is 15.7. The maximum atomic E-state index is 12.9. The van der Waals surface area contributed by atoms with Crippen molar-refractivity contribution in [2.45, 2.75) is 27.7 Å². The van der Waals surface area contributed by atoms with E-state index in [0.29, 0.717) is 16.9 Å². The number of aromatic amines is 1. The molecule has 27 heavy (non-hydrogen) atoms. The van der Waals surface area contributed by atoms with Crippen LogP contribution in [-0.4, -0.2) is 27.1 Å². The van der Waals surface area contributed by atoms with Gasteiger partial charge in [0.25, 0.3) is 5.56 Å². The summed E-state index contributed by atoms with van der Waals surface area (Å²) in [7, 11) is 0. The van der Waals surface area contributed by atoms with Gasteiger partial charge < -0.3 is 5.11 Å². The number of nitrogens with zero attached hydrogens (tertiary/aromatic N) is 2. The van der Waals surface area contributed by atoms with Crippen molar-refractivity contribution in [2.24, 2.45) is 4.99 Å². The molecule has 3 aromatic rings. The van der Waals surface area contributed by atoms with E-state index in [4.69, 9.17) is 5.11 Å². The van der Waals surface area contributed by atoms with Gasteiger partial charge in [0.1, 0.15) is 0 Å². The van der Waals surface area contributed by atoms with Crippen LogP contribution in [0, 0.1) is 27.7 Å². The topological polar surface area (TPSA) is 87.4 Å². The van der Waals surface area contributed by atoms with Gasteiger partial charge in [0, 0.05) is 11.9 Å². The summed E-state index contributed by atoms with van der Waals surface area (Å²) in [6, 6.07) is 10.6. The normalized spacial score (nSPS) is 11.3. The molecule has 0 saturated carbocycles. The van der Waals surface area contributed by atoms with Crippen molar-refractivity contribution in [1.82, 2.24) is 9.78 Å². The maximum Gasteiger partial charge on any atom is 0.335 e. The lowest BCUT2D eigenvalue weighted by Crippen LogP contribution is -2.18. The Bertz CT molecular complexity index is 1120. The average molecular weight is 363 g/mol. The van der Waals surface area contributed by atoms with Gasteiger partial charge in [-0.05, 0) is 57.0 Å². The molecule has 2 aromatic carbocycles. The quantitative estimate of drug-likeness (QED) is 0.690. The number of aromatic nitrogens is 2. The van der Waals surface area contributed by atoms with Crippen molar-refractivity contribution in [3.63, 3.8) is 0 Å². The van der Waals surface area contributed by atoms with E-state index in [1.54, 1.807) is 6.07 Å². The molecule has 0 saturated heterocycles. The number of benzene rings is 2. The third-order valence-electron chi connectivity index (χ3n) is 4.50. The first-order valence-electron chi connectivity index (χ1n) is 8.55. The molecule has 2 N–H and O–H groups in total. The molecule has 0 aliphatic rings. The van der Waals surface area contributed by atoms with E-state index in [2.05, 4.69) is 10.1 Å². The van der Waals surface area contributed by atoms with Gasteiger partial charge in [0.05, 0.1) is 22.5 Å². The molecule has 0 aliphatic heterocycles. The van der Waals surface area contributed by atoms with Gasteiger partial charge in [0.2, 0.25) is 0 Å². The zero-order chi connectivity index (χ0) is 19.7. The number of aryl methyl sites for hydroxylation is 4. The number of aliphatic imine (C=N–C) groups is 1. The summed E-state index contributed by atoms with van der Waals surface area (Å²) >= 11 is 0. The highest BCUT2D eigenvalue weighted by Crippen LogP contribution is 2.20. The molecule has 0 radical (unpaired) electrons. The van der Waals surface area contributed by atoms with Crippen LogP contribution in [0.1, 0.15) is 38.3 Å². The Kier molecular flexibility index (Phi) is 4.81. The third kappa shape index (κ3) is 3.60. The van der Waals surface area contributed by atoms with Crippen molar-refractivity contribution < 1.29 is 9.90 Å². The van der Waals surface area contributed by atoms with E-state index in [1.165, 1.54) is 23.0 Å². The van der Waals surface area contributed by atoms with Gasteiger partial charge in [-0.2, -0.15) is 0 Å². The molecule has 0 spiro atoms. The molecule has 0 atom stereocenters. The van der Waals surface area contributed by atoms with E-state index in [-0.39, 0.29) is 11.1 Å². The first kappa shape index (κ1) is 18.4. The molecule has 0 fully saturated rings. The molecular weight excluding hydrogens is 342 g/mol. The number of hydrogen-bond acceptors (Lipinski definition) is 3. The Morgan fingerprint density at radius 1 is 1.07 bits per heavy atom. The van der Waals surface area contributed by atoms with Crippen molar-refractivity contribution in [3.8, 4) is 5.69 Å². The number of carboxylic acids is 1. The second-order valence-corrected chi connectivity index (χ2v) is 6.65. The number of hydrogen-bond donors (Lipinski definition) is 2. The first-order valence-corrected chi connectivity index (χ1v) is 8.55. The monoisotopic (exact) mass is 363 g/mol. The minimum absolute atomic E-state index is 0.159. The van der Waals surface area contributed by atoms with E-state index in [1.807, 2.05) is 45.9 Å². The van der Waals surface area contributed by atoms with E-state index in [0.717, 1.165) is 22.4 Å². The van der Waals surface area contributed by atoms with Crippen LogP contribution >= 0.6 is 0 Å². The van der Waals surface area contributed by atoms with Crippen LogP contribution in [0.25, 0.3) is 5.69 Å². The molecular formula is C21H21N3O3. The molecule has 3 rings (SSSR count). The van der Waals surface area contributed by atoms with Gasteiger partial charge in [-0.1, -0.05) is 23.8 Å². The van der Waals surface area contributed by atoms with Gasteiger partial charge in [-0.3, -0.25) is 14.9 Å². The Morgan fingerprint density at radius 3 is 2.48 bits per heavy atom. The molecule has 0 amide bonds. The highest BCUT2D eigenvalue weighted by Gasteiger charge is 2.13. The van der Waals surface area contributed by atoms with E-state index in [9.17, 15) is 9.59 Å². The Balaban J connectivity index is 2.03. The maximum absolute atomic E-state index is 12.9. The lowest BCUT2D eigenvalue weighted by atomic mass is 10.1. The second-order valence-electron chi connectivity index (χ2n) is 6.65. The van der Waals surface area contributed by atoms with Gasteiger partial charge in [0.15, 0.2) is 0 Å². The predicted molar refractivity (Wildman–Crippen MR) is 106 cm³/mol. The third-order valence-corrected chi connectivity index (χ3v) is 4.50. The molecule has 0 unspecified atom stereocenters. The fourth-order valence-electron chi connectivity index (χ4n) is 2.95. The van der Waals surface area contributed by atoms with Gasteiger partial charge >= 0.3 is 5.97 Å². The Hall–Kier alpha value is -3.41. The minimum atomic E-state index is -1.01. The number of carboxylic acid groups (broad SMARTS) is 1. The second kappa shape index (κ2) is 7.07. The number of nitrogens with one attached hydrogen (secondary N) is 1. The minimum Gasteiger partial charge on any atom is -0.478 e. The summed E-state index contributed by atoms with van der Waals surface area (Å²) < 4.78 is 1.51. The van der Waals surface area contributed by atoms with Gasteiger partial charge in [-0.15, -0.1) is 0 Å². The van der Waals surface area contributed by atoms with Crippen LogP contribution in [0.5, 0.6) is 0 Å². The Labute approximate surface area is 156 Å². The van der Waals surface area contributed by atoms with Crippen molar-refractivity contribution in [3.05, 3.63) is 80.3 Å². The SMILES string of the molecule is Cc1ccc(-n2[nH]c(C)c(C=Nc3cc(C(=O)O)ccc3C)c2=O)c(C)c1. The summed E-state index contributed by atoms with van der Waals surface area (Å²) in [4.78, 5) is 28.4. The summed E-state index contributed by atoms with van der Waals surface area (Å²) in [5, 5.41) is 12.2. The summed E-state index contributed by atoms with van der Waals surface area (Å²) in [6.07, 6.45) is 1.49. The van der Waals surface area contributed by atoms with Crippen LogP contribution in [0.4, 0.5) is 5.69 Å². The van der Waals surface area contributed by atoms with Gasteiger partial charge in [-0.25, -0.2) is 9.48 Å². The molecule has 0 aliphatic carbocycles. The summed E-state index contributed by atoms with van der Waals surface area (Å²) in [5.74, 6) is -1.01. The number of carbonyl (C=O) groups is 1. The van der Waals surface area contributed by atoms with Crippen LogP contribution < -0.4 is 5.56 Å². The predicted octanol–water partition coefficient (Wildman–Crippen LogP) is 3.85. The lowest BCUT2D eigenvalue weighted by molar-refractivity contribution is 0.0697. The molecule has 138 valence electrons. The summed E-state index contributed by atoms with van der Waals surface area (Å²) in [5.41, 5.74) is 5.35. The molecule has 6 heteroatoms. The fourth-order valence-corrected chi connectivity index (χ4v) is 2.95. The highest BCUT2D eigenvalue weighted by atomic mass is 16.4. The Morgan fingerprint density at radius 2 is 1.81 bits per heavy atom. The highest BCUT2D eigenvalue weighted by molar-refractivity contribution is 5.90. The molecule has 1 aromatic heterocycles. The molecule has 1 heterocycles. The molecule has 0 bridgehead atoms. The van der Waals surface area contributed by atoms with Crippen molar-refractivity contribution in [1.29, 1.82) is 0 Å². The zero-order valence-corrected chi connectivity index (χ0v) is 15.7. The standard InChI is InChI=1S/C21H21N3O3/c1-12-5-8-19(14(3)9-12)24-20(25)17(15(4)23-24)11-22-18-10-16(21(26)27)7-6-13(18)2/h5-11,23H,1-4H3,(H,26,27). The smallest absolute Gasteiger partial charge is 0.335 e. The van der Waals surface area contributed by atoms with Crippen LogP contribution in [-0.2, 0) is 0 Å². The lowest BCUT2D eigenvalue weighted by Gasteiger charge is -2.06. The van der Waals surface area contributed by atoms with E-state index < -0.39 is 5.97 Å². The van der Waals surface area contributed by atoms with Crippen LogP contribution in [0.3, 0.4) is 0 Å².